The van der Waals surface area contributed by atoms with Crippen molar-refractivity contribution in [2.75, 3.05) is 5.32 Å². The maximum Gasteiger partial charge on any atom is 0.248 e. The van der Waals surface area contributed by atoms with E-state index >= 15 is 0 Å². The summed E-state index contributed by atoms with van der Waals surface area (Å²) >= 11 is 0. The average Bonchev–Trinajstić information content (AvgIpc) is 2.15. The predicted molar refractivity (Wildman–Crippen MR) is 68.0 cm³/mol. The summed E-state index contributed by atoms with van der Waals surface area (Å²) in [6, 6.07) is 5.05. The van der Waals surface area contributed by atoms with Gasteiger partial charge in [0.1, 0.15) is 0 Å². The first kappa shape index (κ1) is 13.2. The molecular weight excluding hydrogens is 216 g/mol. The molecule has 0 saturated heterocycles. The molecule has 17 heavy (non-hydrogen) atoms. The second-order valence-electron chi connectivity index (χ2n) is 5.06. The molecule has 0 aromatic heterocycles. The van der Waals surface area contributed by atoms with Crippen molar-refractivity contribution in [1.29, 1.82) is 0 Å². The molecule has 4 nitrogen and oxygen atoms in total. The summed E-state index contributed by atoms with van der Waals surface area (Å²) < 4.78 is 0. The van der Waals surface area contributed by atoms with Gasteiger partial charge < -0.3 is 11.1 Å². The van der Waals surface area contributed by atoms with Gasteiger partial charge in [-0.2, -0.15) is 0 Å². The molecule has 0 unspecified atom stereocenters. The second-order valence-corrected chi connectivity index (χ2v) is 5.06. The van der Waals surface area contributed by atoms with Crippen LogP contribution >= 0.6 is 0 Å². The van der Waals surface area contributed by atoms with Crippen molar-refractivity contribution in [2.45, 2.75) is 33.1 Å². The van der Waals surface area contributed by atoms with Crippen LogP contribution < -0.4 is 11.1 Å². The first-order valence-electron chi connectivity index (χ1n) is 5.43. The Morgan fingerprint density at radius 3 is 2.24 bits per heavy atom. The molecule has 0 heterocycles. The third-order valence-corrected chi connectivity index (χ3v) is 2.42. The molecule has 0 fully saturated rings. The van der Waals surface area contributed by atoms with Gasteiger partial charge in [0.15, 0.2) is 0 Å². The number of benzene rings is 1. The maximum absolute atomic E-state index is 11.1. The minimum Gasteiger partial charge on any atom is -0.366 e. The number of carbonyl (C=O) groups is 2. The number of primary amides is 1. The highest BCUT2D eigenvalue weighted by atomic mass is 16.1. The molecule has 0 atom stereocenters. The van der Waals surface area contributed by atoms with Crippen LogP contribution in [-0.2, 0) is 10.2 Å². The van der Waals surface area contributed by atoms with E-state index in [9.17, 15) is 9.59 Å². The van der Waals surface area contributed by atoms with Crippen LogP contribution in [0.1, 0.15) is 43.6 Å². The van der Waals surface area contributed by atoms with Gasteiger partial charge in [0.25, 0.3) is 0 Å². The molecule has 0 aliphatic heterocycles. The summed E-state index contributed by atoms with van der Waals surface area (Å²) in [6.07, 6.45) is 0. The molecule has 1 aromatic carbocycles. The molecule has 0 spiro atoms. The number of nitrogens with two attached hydrogens (primary N) is 1. The fraction of sp³-hybridized carbons (Fsp3) is 0.385. The molecule has 0 aliphatic carbocycles. The van der Waals surface area contributed by atoms with Crippen molar-refractivity contribution in [3.05, 3.63) is 29.3 Å². The Labute approximate surface area is 101 Å². The molecule has 1 aromatic rings. The zero-order valence-corrected chi connectivity index (χ0v) is 10.6. The van der Waals surface area contributed by atoms with E-state index in [-0.39, 0.29) is 11.3 Å². The fourth-order valence-corrected chi connectivity index (χ4v) is 1.62. The number of hydrogen-bond donors (Lipinski definition) is 2. The van der Waals surface area contributed by atoms with Crippen LogP contribution in [0.4, 0.5) is 5.69 Å². The van der Waals surface area contributed by atoms with Crippen molar-refractivity contribution >= 4 is 17.5 Å². The van der Waals surface area contributed by atoms with Gasteiger partial charge in [-0.1, -0.05) is 20.8 Å². The summed E-state index contributed by atoms with van der Waals surface area (Å²) in [7, 11) is 0. The Morgan fingerprint density at radius 1 is 1.24 bits per heavy atom. The van der Waals surface area contributed by atoms with Gasteiger partial charge in [-0.3, -0.25) is 9.59 Å². The van der Waals surface area contributed by atoms with Crippen molar-refractivity contribution in [1.82, 2.24) is 0 Å². The normalized spacial score (nSPS) is 11.1. The van der Waals surface area contributed by atoms with Crippen LogP contribution in [0.25, 0.3) is 0 Å². The summed E-state index contributed by atoms with van der Waals surface area (Å²) in [6.45, 7) is 7.49. The van der Waals surface area contributed by atoms with Crippen molar-refractivity contribution in [2.24, 2.45) is 5.73 Å². The molecule has 0 bridgehead atoms. The maximum atomic E-state index is 11.1. The Bertz CT molecular complexity index is 459. The standard InChI is InChI=1S/C13H18N2O2/c1-8(16)15-11-6-5-9(12(14)17)7-10(11)13(2,3)4/h5-7H,1-4H3,(H2,14,17)(H,15,16). The molecule has 3 N–H and O–H groups in total. The van der Waals surface area contributed by atoms with Gasteiger partial charge in [0.2, 0.25) is 11.8 Å². The molecule has 92 valence electrons. The average molecular weight is 234 g/mol. The van der Waals surface area contributed by atoms with E-state index in [4.69, 9.17) is 5.73 Å². The lowest BCUT2D eigenvalue weighted by Gasteiger charge is -2.23. The van der Waals surface area contributed by atoms with E-state index < -0.39 is 5.91 Å². The Balaban J connectivity index is 3.31. The number of nitrogens with one attached hydrogen (secondary N) is 1. The monoisotopic (exact) mass is 234 g/mol. The van der Waals surface area contributed by atoms with E-state index in [0.29, 0.717) is 5.56 Å². The van der Waals surface area contributed by atoms with E-state index in [0.717, 1.165) is 11.3 Å². The van der Waals surface area contributed by atoms with Crippen LogP contribution in [0.2, 0.25) is 0 Å². The molecule has 0 radical (unpaired) electrons. The molecule has 1 rings (SSSR count). The van der Waals surface area contributed by atoms with Gasteiger partial charge in [-0.15, -0.1) is 0 Å². The predicted octanol–water partition coefficient (Wildman–Crippen LogP) is 2.04. The van der Waals surface area contributed by atoms with Gasteiger partial charge in [-0.25, -0.2) is 0 Å². The lowest BCUT2D eigenvalue weighted by atomic mass is 9.84. The summed E-state index contributed by atoms with van der Waals surface area (Å²) in [5.41, 5.74) is 7.13. The van der Waals surface area contributed by atoms with Gasteiger partial charge in [0, 0.05) is 18.2 Å². The molecular formula is C13H18N2O2. The number of hydrogen-bond acceptors (Lipinski definition) is 2. The van der Waals surface area contributed by atoms with Crippen molar-refractivity contribution in [3.63, 3.8) is 0 Å². The topological polar surface area (TPSA) is 72.2 Å². The lowest BCUT2D eigenvalue weighted by Crippen LogP contribution is -2.19. The SMILES string of the molecule is CC(=O)Nc1ccc(C(N)=O)cc1C(C)(C)C. The van der Waals surface area contributed by atoms with Crippen LogP contribution in [0.15, 0.2) is 18.2 Å². The third-order valence-electron chi connectivity index (χ3n) is 2.42. The van der Waals surface area contributed by atoms with Crippen LogP contribution in [0.3, 0.4) is 0 Å². The molecule has 0 saturated carbocycles. The minimum absolute atomic E-state index is 0.137. The Morgan fingerprint density at radius 2 is 1.82 bits per heavy atom. The quantitative estimate of drug-likeness (QED) is 0.822. The first-order valence-corrected chi connectivity index (χ1v) is 5.43. The Kier molecular flexibility index (Phi) is 3.56. The zero-order valence-electron chi connectivity index (χ0n) is 10.6. The van der Waals surface area contributed by atoms with Gasteiger partial charge in [0.05, 0.1) is 0 Å². The van der Waals surface area contributed by atoms with E-state index in [1.54, 1.807) is 18.2 Å². The minimum atomic E-state index is -0.468. The van der Waals surface area contributed by atoms with Crippen LogP contribution in [-0.4, -0.2) is 11.8 Å². The van der Waals surface area contributed by atoms with Crippen LogP contribution in [0.5, 0.6) is 0 Å². The highest BCUT2D eigenvalue weighted by Crippen LogP contribution is 2.30. The molecule has 2 amide bonds. The number of anilines is 1. The second kappa shape index (κ2) is 4.57. The largest absolute Gasteiger partial charge is 0.366 e. The number of rotatable bonds is 2. The lowest BCUT2D eigenvalue weighted by molar-refractivity contribution is -0.114. The number of carbonyl (C=O) groups excluding carboxylic acids is 2. The van der Waals surface area contributed by atoms with Gasteiger partial charge in [-0.05, 0) is 29.2 Å². The van der Waals surface area contributed by atoms with E-state index in [2.05, 4.69) is 5.32 Å². The highest BCUT2D eigenvalue weighted by molar-refractivity contribution is 5.95. The summed E-state index contributed by atoms with van der Waals surface area (Å²) in [5.74, 6) is -0.604. The molecule has 4 heteroatoms. The number of amides is 2. The van der Waals surface area contributed by atoms with Gasteiger partial charge >= 0.3 is 0 Å². The highest BCUT2D eigenvalue weighted by Gasteiger charge is 2.20. The summed E-state index contributed by atoms with van der Waals surface area (Å²) in [5, 5.41) is 2.76. The molecule has 0 aliphatic rings. The zero-order chi connectivity index (χ0) is 13.2. The van der Waals surface area contributed by atoms with E-state index in [1.807, 2.05) is 20.8 Å². The Hall–Kier alpha value is -1.84. The third kappa shape index (κ3) is 3.31. The fourth-order valence-electron chi connectivity index (χ4n) is 1.62. The first-order chi connectivity index (χ1) is 7.71. The van der Waals surface area contributed by atoms with E-state index in [1.165, 1.54) is 6.92 Å². The van der Waals surface area contributed by atoms with Crippen molar-refractivity contribution in [3.8, 4) is 0 Å². The van der Waals surface area contributed by atoms with Crippen molar-refractivity contribution < 1.29 is 9.59 Å². The smallest absolute Gasteiger partial charge is 0.248 e. The van der Waals surface area contributed by atoms with Crippen LogP contribution in [0, 0.1) is 0 Å². The summed E-state index contributed by atoms with van der Waals surface area (Å²) in [4.78, 5) is 22.3.